The van der Waals surface area contributed by atoms with E-state index in [0.717, 1.165) is 0 Å². The van der Waals surface area contributed by atoms with Gasteiger partial charge in [-0.1, -0.05) is 80.0 Å². The molecule has 0 aromatic heterocycles. The fourth-order valence-corrected chi connectivity index (χ4v) is 4.52. The molecule has 0 aliphatic rings. The number of halogens is 1. The Kier molecular flexibility index (Phi) is 9.58. The number of esters is 1. The van der Waals surface area contributed by atoms with Crippen LogP contribution in [0.15, 0.2) is 103 Å². The number of anilines is 1. The van der Waals surface area contributed by atoms with Crippen LogP contribution in [0.4, 0.5) is 5.69 Å². The minimum absolute atomic E-state index is 0.0825. The molecule has 4 aromatic carbocycles. The highest BCUT2D eigenvalue weighted by molar-refractivity contribution is 6.31. The van der Waals surface area contributed by atoms with Crippen molar-refractivity contribution in [1.82, 2.24) is 0 Å². The molecule has 7 heteroatoms. The van der Waals surface area contributed by atoms with Crippen molar-refractivity contribution in [2.75, 3.05) is 5.32 Å². The number of benzene rings is 4. The van der Waals surface area contributed by atoms with Gasteiger partial charge in [0.1, 0.15) is 11.5 Å². The molecule has 0 saturated carbocycles. The van der Waals surface area contributed by atoms with Gasteiger partial charge in [0.05, 0.1) is 6.42 Å². The zero-order valence-corrected chi connectivity index (χ0v) is 24.0. The van der Waals surface area contributed by atoms with E-state index in [2.05, 4.69) is 43.4 Å². The molecule has 1 atom stereocenters. The Bertz CT molecular complexity index is 1500. The van der Waals surface area contributed by atoms with Gasteiger partial charge in [0, 0.05) is 28.1 Å². The van der Waals surface area contributed by atoms with Crippen molar-refractivity contribution in [3.63, 3.8) is 0 Å². The summed E-state index contributed by atoms with van der Waals surface area (Å²) in [6.45, 7) is 5.88. The molecule has 41 heavy (non-hydrogen) atoms. The number of ketones is 1. The van der Waals surface area contributed by atoms with Crippen molar-refractivity contribution >= 4 is 34.9 Å². The lowest BCUT2D eigenvalue weighted by Crippen LogP contribution is -2.25. The molecule has 0 spiro atoms. The third-order valence-electron chi connectivity index (χ3n) is 6.79. The Morgan fingerprint density at radius 3 is 2.02 bits per heavy atom. The van der Waals surface area contributed by atoms with Crippen LogP contribution in [0, 0.1) is 0 Å². The SMILES string of the molecule is CC(OC(=O)CCC(=O)Nc1ccc(Oc2ccc(C(C)(C)c3ccccc3)cc2)cc1)C(=O)c1cccc(Cl)c1. The number of carbonyl (C=O) groups is 3. The Balaban J connectivity index is 1.23. The summed E-state index contributed by atoms with van der Waals surface area (Å²) in [5, 5.41) is 3.17. The van der Waals surface area contributed by atoms with E-state index in [-0.39, 0.29) is 29.9 Å². The minimum Gasteiger partial charge on any atom is -0.457 e. The lowest BCUT2D eigenvalue weighted by atomic mass is 9.78. The van der Waals surface area contributed by atoms with Crippen molar-refractivity contribution in [2.24, 2.45) is 0 Å². The summed E-state index contributed by atoms with van der Waals surface area (Å²) in [6, 6.07) is 31.8. The topological polar surface area (TPSA) is 81.7 Å². The molecule has 0 aliphatic heterocycles. The van der Waals surface area contributed by atoms with Crippen LogP contribution in [-0.2, 0) is 19.7 Å². The molecule has 0 aliphatic carbocycles. The van der Waals surface area contributed by atoms with E-state index in [1.807, 2.05) is 30.3 Å². The van der Waals surface area contributed by atoms with Gasteiger partial charge in [0.25, 0.3) is 0 Å². The summed E-state index contributed by atoms with van der Waals surface area (Å²) < 4.78 is 11.2. The fraction of sp³-hybridized carbons (Fsp3) is 0.206. The normalized spacial score (nSPS) is 11.8. The number of carbonyl (C=O) groups excluding carboxylic acids is 3. The number of hydrogen-bond acceptors (Lipinski definition) is 5. The maximum atomic E-state index is 12.4. The molecule has 1 unspecified atom stereocenters. The summed E-state index contributed by atoms with van der Waals surface area (Å²) in [4.78, 5) is 37.0. The minimum atomic E-state index is -0.983. The molecule has 1 N–H and O–H groups in total. The molecule has 0 fully saturated rings. The van der Waals surface area contributed by atoms with Gasteiger partial charge < -0.3 is 14.8 Å². The quantitative estimate of drug-likeness (QED) is 0.146. The van der Waals surface area contributed by atoms with Crippen LogP contribution in [0.5, 0.6) is 11.5 Å². The monoisotopic (exact) mass is 569 g/mol. The Labute approximate surface area is 245 Å². The second-order valence-electron chi connectivity index (χ2n) is 10.2. The first-order valence-electron chi connectivity index (χ1n) is 13.3. The van der Waals surface area contributed by atoms with Crippen LogP contribution in [-0.4, -0.2) is 23.8 Å². The predicted octanol–water partition coefficient (Wildman–Crippen LogP) is 7.99. The van der Waals surface area contributed by atoms with Gasteiger partial charge in [-0.3, -0.25) is 14.4 Å². The van der Waals surface area contributed by atoms with E-state index < -0.39 is 12.1 Å². The molecule has 0 heterocycles. The molecule has 0 bridgehead atoms. The van der Waals surface area contributed by atoms with E-state index in [0.29, 0.717) is 27.8 Å². The fourth-order valence-electron chi connectivity index (χ4n) is 4.33. The van der Waals surface area contributed by atoms with Crippen molar-refractivity contribution < 1.29 is 23.9 Å². The largest absolute Gasteiger partial charge is 0.457 e. The summed E-state index contributed by atoms with van der Waals surface area (Å²) in [6.07, 6.45) is -1.22. The standard InChI is InChI=1S/C34H32ClNO5/c1-23(33(39)24-8-7-11-27(35)22-24)40-32(38)21-20-31(37)36-28-14-18-30(19-15-28)41-29-16-12-26(13-17-29)34(2,3)25-9-5-4-6-10-25/h4-19,22-23H,20-21H2,1-3H3,(H,36,37). The molecule has 0 radical (unpaired) electrons. The molecule has 0 saturated heterocycles. The van der Waals surface area contributed by atoms with Gasteiger partial charge in [0.15, 0.2) is 6.10 Å². The van der Waals surface area contributed by atoms with E-state index in [9.17, 15) is 14.4 Å². The Morgan fingerprint density at radius 1 is 0.780 bits per heavy atom. The third kappa shape index (κ3) is 8.05. The Morgan fingerprint density at radius 2 is 1.39 bits per heavy atom. The summed E-state index contributed by atoms with van der Waals surface area (Å²) >= 11 is 5.92. The van der Waals surface area contributed by atoms with Gasteiger partial charge in [-0.15, -0.1) is 0 Å². The number of hydrogen-bond donors (Lipinski definition) is 1. The van der Waals surface area contributed by atoms with Crippen LogP contribution in [0.25, 0.3) is 0 Å². The van der Waals surface area contributed by atoms with Crippen LogP contribution in [0.2, 0.25) is 5.02 Å². The van der Waals surface area contributed by atoms with Crippen LogP contribution in [0.3, 0.4) is 0 Å². The van der Waals surface area contributed by atoms with Crippen LogP contribution in [0.1, 0.15) is 55.1 Å². The van der Waals surface area contributed by atoms with Gasteiger partial charge in [-0.25, -0.2) is 0 Å². The van der Waals surface area contributed by atoms with E-state index >= 15 is 0 Å². The average Bonchev–Trinajstić information content (AvgIpc) is 2.97. The van der Waals surface area contributed by atoms with Gasteiger partial charge in [-0.05, 0) is 66.6 Å². The predicted molar refractivity (Wildman–Crippen MR) is 161 cm³/mol. The zero-order valence-electron chi connectivity index (χ0n) is 23.2. The zero-order chi connectivity index (χ0) is 29.4. The lowest BCUT2D eigenvalue weighted by Gasteiger charge is -2.26. The third-order valence-corrected chi connectivity index (χ3v) is 7.02. The van der Waals surface area contributed by atoms with E-state index in [1.54, 1.807) is 42.5 Å². The first kappa shape index (κ1) is 29.6. The molecule has 6 nitrogen and oxygen atoms in total. The smallest absolute Gasteiger partial charge is 0.307 e. The summed E-state index contributed by atoms with van der Waals surface area (Å²) in [7, 11) is 0. The van der Waals surface area contributed by atoms with Crippen LogP contribution >= 0.6 is 11.6 Å². The molecular weight excluding hydrogens is 538 g/mol. The number of nitrogens with one attached hydrogen (secondary N) is 1. The number of ether oxygens (including phenoxy) is 2. The maximum Gasteiger partial charge on any atom is 0.307 e. The Hall–Kier alpha value is -4.42. The maximum absolute atomic E-state index is 12.4. The first-order valence-corrected chi connectivity index (χ1v) is 13.7. The summed E-state index contributed by atoms with van der Waals surface area (Å²) in [5.41, 5.74) is 3.21. The van der Waals surface area contributed by atoms with Gasteiger partial charge in [-0.2, -0.15) is 0 Å². The number of Topliss-reactive ketones (excluding diaryl/α,β-unsaturated/α-hetero) is 1. The molecule has 1 amide bonds. The van der Waals surface area contributed by atoms with Gasteiger partial charge in [0.2, 0.25) is 11.7 Å². The second-order valence-corrected chi connectivity index (χ2v) is 10.6. The highest BCUT2D eigenvalue weighted by atomic mass is 35.5. The molecule has 4 rings (SSSR count). The highest BCUT2D eigenvalue weighted by Crippen LogP contribution is 2.33. The van der Waals surface area contributed by atoms with Crippen LogP contribution < -0.4 is 10.1 Å². The molecule has 4 aromatic rings. The molecule has 210 valence electrons. The lowest BCUT2D eigenvalue weighted by molar-refractivity contribution is -0.147. The highest BCUT2D eigenvalue weighted by Gasteiger charge is 2.23. The van der Waals surface area contributed by atoms with E-state index in [1.165, 1.54) is 24.1 Å². The number of rotatable bonds is 11. The van der Waals surface area contributed by atoms with Crippen molar-refractivity contribution in [3.05, 3.63) is 125 Å². The average molecular weight is 570 g/mol. The second kappa shape index (κ2) is 13.3. The van der Waals surface area contributed by atoms with Crippen molar-refractivity contribution in [1.29, 1.82) is 0 Å². The van der Waals surface area contributed by atoms with E-state index in [4.69, 9.17) is 21.1 Å². The van der Waals surface area contributed by atoms with Crippen molar-refractivity contribution in [2.45, 2.75) is 45.1 Å². The van der Waals surface area contributed by atoms with Gasteiger partial charge >= 0.3 is 5.97 Å². The number of amides is 1. The first-order chi connectivity index (χ1) is 19.6. The van der Waals surface area contributed by atoms with Crippen molar-refractivity contribution in [3.8, 4) is 11.5 Å². The molecular formula is C34H32ClNO5. The summed E-state index contributed by atoms with van der Waals surface area (Å²) in [5.74, 6) is -0.0124.